The van der Waals surface area contributed by atoms with E-state index in [-0.39, 0.29) is 11.3 Å². The van der Waals surface area contributed by atoms with Crippen LogP contribution in [0.5, 0.6) is 0 Å². The lowest BCUT2D eigenvalue weighted by Gasteiger charge is -2.60. The highest BCUT2D eigenvalue weighted by Gasteiger charge is 2.61. The molecule has 4 unspecified atom stereocenters. The molecule has 4 aliphatic carbocycles. The third-order valence-corrected chi connectivity index (χ3v) is 7.61. The van der Waals surface area contributed by atoms with Crippen LogP contribution in [0.25, 0.3) is 0 Å². The molecule has 0 aromatic rings. The Bertz CT molecular complexity index is 566. The minimum Gasteiger partial charge on any atom is -0.294 e. The fourth-order valence-corrected chi connectivity index (χ4v) is 6.74. The molecule has 0 heterocycles. The third-order valence-electron chi connectivity index (χ3n) is 7.61. The molecular formula is C20H28O. The van der Waals surface area contributed by atoms with Gasteiger partial charge in [-0.2, -0.15) is 0 Å². The molecule has 0 aromatic heterocycles. The quantitative estimate of drug-likeness (QED) is 0.567. The second-order valence-electron chi connectivity index (χ2n) is 9.18. The van der Waals surface area contributed by atoms with Crippen molar-refractivity contribution in [1.82, 2.24) is 0 Å². The fourth-order valence-electron chi connectivity index (χ4n) is 6.74. The molecule has 4 rings (SSSR count). The molecule has 1 nitrogen and oxygen atoms in total. The number of hydrogen-bond acceptors (Lipinski definition) is 1. The monoisotopic (exact) mass is 284 g/mol. The summed E-state index contributed by atoms with van der Waals surface area (Å²) in [5, 5.41) is 0. The van der Waals surface area contributed by atoms with Crippen LogP contribution < -0.4 is 0 Å². The summed E-state index contributed by atoms with van der Waals surface area (Å²) in [6.45, 7) is 11.6. The van der Waals surface area contributed by atoms with Gasteiger partial charge in [-0.25, -0.2) is 0 Å². The predicted molar refractivity (Wildman–Crippen MR) is 85.9 cm³/mol. The smallest absolute Gasteiger partial charge is 0.162 e. The number of fused-ring (bicyclic) bond motifs is 3. The van der Waals surface area contributed by atoms with Gasteiger partial charge in [0.2, 0.25) is 0 Å². The first-order valence-electron chi connectivity index (χ1n) is 8.73. The van der Waals surface area contributed by atoms with Crippen molar-refractivity contribution < 1.29 is 4.79 Å². The highest BCUT2D eigenvalue weighted by atomic mass is 16.1. The Morgan fingerprint density at radius 2 is 1.95 bits per heavy atom. The second-order valence-corrected chi connectivity index (χ2v) is 9.18. The SMILES string of the molecule is C=C1CC23CCC4C(C)(C)CCCC4(C)C2=CC(=O)C1C3. The van der Waals surface area contributed by atoms with Gasteiger partial charge in [-0.1, -0.05) is 44.9 Å². The summed E-state index contributed by atoms with van der Waals surface area (Å²) in [7, 11) is 0. The highest BCUT2D eigenvalue weighted by Crippen LogP contribution is 2.69. The Kier molecular flexibility index (Phi) is 2.57. The van der Waals surface area contributed by atoms with Crippen molar-refractivity contribution in [1.29, 1.82) is 0 Å². The van der Waals surface area contributed by atoms with Crippen molar-refractivity contribution in [2.45, 2.75) is 65.7 Å². The van der Waals surface area contributed by atoms with Crippen LogP contribution >= 0.6 is 0 Å². The van der Waals surface area contributed by atoms with Gasteiger partial charge >= 0.3 is 0 Å². The molecule has 0 aliphatic heterocycles. The van der Waals surface area contributed by atoms with Crippen molar-refractivity contribution in [2.24, 2.45) is 28.1 Å². The van der Waals surface area contributed by atoms with Crippen LogP contribution in [-0.2, 0) is 4.79 Å². The maximum Gasteiger partial charge on any atom is 0.162 e. The zero-order valence-corrected chi connectivity index (χ0v) is 13.8. The van der Waals surface area contributed by atoms with Crippen LogP contribution in [0.2, 0.25) is 0 Å². The molecule has 1 heteroatoms. The number of hydrogen-bond donors (Lipinski definition) is 0. The second kappa shape index (κ2) is 3.91. The van der Waals surface area contributed by atoms with Crippen molar-refractivity contribution in [2.75, 3.05) is 0 Å². The van der Waals surface area contributed by atoms with Gasteiger partial charge in [-0.05, 0) is 66.8 Å². The number of carbonyl (C=O) groups is 1. The predicted octanol–water partition coefficient (Wildman–Crippen LogP) is 5.07. The molecule has 3 fully saturated rings. The summed E-state index contributed by atoms with van der Waals surface area (Å²) in [4.78, 5) is 12.6. The molecule has 0 aromatic carbocycles. The summed E-state index contributed by atoms with van der Waals surface area (Å²) in [5.74, 6) is 1.24. The third kappa shape index (κ3) is 1.61. The summed E-state index contributed by atoms with van der Waals surface area (Å²) < 4.78 is 0. The molecule has 114 valence electrons. The minimum absolute atomic E-state index is 0.144. The van der Waals surface area contributed by atoms with E-state index in [4.69, 9.17) is 0 Å². The van der Waals surface area contributed by atoms with Crippen LogP contribution in [-0.4, -0.2) is 5.78 Å². The molecule has 3 saturated carbocycles. The topological polar surface area (TPSA) is 17.1 Å². The molecule has 1 spiro atoms. The van der Waals surface area contributed by atoms with Crippen LogP contribution in [0.15, 0.2) is 23.8 Å². The van der Waals surface area contributed by atoms with Gasteiger partial charge in [-0.15, -0.1) is 0 Å². The van der Waals surface area contributed by atoms with Gasteiger partial charge in [-0.3, -0.25) is 4.79 Å². The summed E-state index contributed by atoms with van der Waals surface area (Å²) in [5.41, 5.74) is 3.71. The zero-order valence-electron chi connectivity index (χ0n) is 13.8. The lowest BCUT2D eigenvalue weighted by atomic mass is 9.44. The van der Waals surface area contributed by atoms with E-state index in [1.807, 2.05) is 0 Å². The number of ketones is 1. The number of rotatable bonds is 0. The van der Waals surface area contributed by atoms with E-state index in [0.717, 1.165) is 18.8 Å². The largest absolute Gasteiger partial charge is 0.294 e. The van der Waals surface area contributed by atoms with Crippen LogP contribution in [0.4, 0.5) is 0 Å². The molecule has 0 saturated heterocycles. The Morgan fingerprint density at radius 1 is 1.19 bits per heavy atom. The minimum atomic E-state index is 0.144. The Morgan fingerprint density at radius 3 is 2.71 bits per heavy atom. The van der Waals surface area contributed by atoms with Gasteiger partial charge in [0.05, 0.1) is 0 Å². The molecule has 4 atom stereocenters. The van der Waals surface area contributed by atoms with E-state index in [0.29, 0.717) is 16.6 Å². The van der Waals surface area contributed by atoms with Gasteiger partial charge in [0.15, 0.2) is 5.78 Å². The van der Waals surface area contributed by atoms with Crippen LogP contribution in [0.3, 0.4) is 0 Å². The van der Waals surface area contributed by atoms with Gasteiger partial charge < -0.3 is 0 Å². The average molecular weight is 284 g/mol. The molecule has 2 bridgehead atoms. The molecule has 21 heavy (non-hydrogen) atoms. The summed E-state index contributed by atoms with van der Waals surface area (Å²) in [6, 6.07) is 0. The molecule has 0 radical (unpaired) electrons. The summed E-state index contributed by atoms with van der Waals surface area (Å²) >= 11 is 0. The first-order valence-corrected chi connectivity index (χ1v) is 8.73. The van der Waals surface area contributed by atoms with E-state index in [2.05, 4.69) is 33.4 Å². The number of carbonyl (C=O) groups excluding carboxylic acids is 1. The van der Waals surface area contributed by atoms with E-state index in [9.17, 15) is 4.79 Å². The Labute approximate surface area is 128 Å². The maximum atomic E-state index is 12.6. The van der Waals surface area contributed by atoms with Crippen LogP contribution in [0, 0.1) is 28.1 Å². The Hall–Kier alpha value is -0.850. The van der Waals surface area contributed by atoms with Crippen LogP contribution in [0.1, 0.15) is 65.7 Å². The molecule has 0 N–H and O–H groups in total. The van der Waals surface area contributed by atoms with Gasteiger partial charge in [0.1, 0.15) is 0 Å². The first kappa shape index (κ1) is 13.8. The van der Waals surface area contributed by atoms with Crippen molar-refractivity contribution in [3.63, 3.8) is 0 Å². The van der Waals surface area contributed by atoms with E-state index < -0.39 is 0 Å². The summed E-state index contributed by atoms with van der Waals surface area (Å²) in [6.07, 6.45) is 10.8. The molecule has 4 aliphatic rings. The highest BCUT2D eigenvalue weighted by molar-refractivity contribution is 5.97. The van der Waals surface area contributed by atoms with Gasteiger partial charge in [0.25, 0.3) is 0 Å². The standard InChI is InChI=1S/C20H28O/c1-13-11-20-9-6-16-18(2,3)7-5-8-19(16,4)17(20)10-15(21)14(13)12-20/h10,14,16H,1,5-9,11-12H2,2-4H3. The maximum absolute atomic E-state index is 12.6. The Balaban J connectivity index is 1.85. The molecular weight excluding hydrogens is 256 g/mol. The lowest BCUT2D eigenvalue weighted by Crippen LogP contribution is -2.51. The van der Waals surface area contributed by atoms with Crippen molar-refractivity contribution >= 4 is 5.78 Å². The fraction of sp³-hybridized carbons (Fsp3) is 0.750. The van der Waals surface area contributed by atoms with Crippen molar-refractivity contribution in [3.05, 3.63) is 23.8 Å². The average Bonchev–Trinajstić information content (AvgIpc) is 2.66. The first-order chi connectivity index (χ1) is 9.79. The van der Waals surface area contributed by atoms with Gasteiger partial charge in [0, 0.05) is 5.92 Å². The normalized spacial score (nSPS) is 47.7. The van der Waals surface area contributed by atoms with E-state index in [1.54, 1.807) is 0 Å². The zero-order chi connectivity index (χ0) is 15.0. The van der Waals surface area contributed by atoms with Crippen molar-refractivity contribution in [3.8, 4) is 0 Å². The lowest BCUT2D eigenvalue weighted by molar-refractivity contribution is -0.119. The van der Waals surface area contributed by atoms with E-state index >= 15 is 0 Å². The number of allylic oxidation sites excluding steroid dienone is 3. The van der Waals surface area contributed by atoms with E-state index in [1.165, 1.54) is 43.3 Å². The molecule has 0 amide bonds.